The van der Waals surface area contributed by atoms with Crippen molar-refractivity contribution in [1.29, 1.82) is 5.26 Å². The molecule has 0 radical (unpaired) electrons. The van der Waals surface area contributed by atoms with Crippen LogP contribution in [0.15, 0.2) is 52.6 Å². The van der Waals surface area contributed by atoms with Crippen molar-refractivity contribution < 1.29 is 4.79 Å². The molecule has 0 aliphatic heterocycles. The number of carbonyl (C=O) groups excluding carboxylic acids is 1. The van der Waals surface area contributed by atoms with Crippen molar-refractivity contribution in [3.63, 3.8) is 0 Å². The van der Waals surface area contributed by atoms with Gasteiger partial charge in [-0.25, -0.2) is 4.98 Å². The van der Waals surface area contributed by atoms with Gasteiger partial charge in [-0.3, -0.25) is 4.79 Å². The number of carbonyl (C=O) groups is 1. The third-order valence-corrected chi connectivity index (χ3v) is 3.24. The first kappa shape index (κ1) is 15.7. The minimum atomic E-state index is -0.452. The summed E-state index contributed by atoms with van der Waals surface area (Å²) in [6.45, 7) is 0.300. The number of nitrogen functional groups attached to an aromatic ring is 1. The summed E-state index contributed by atoms with van der Waals surface area (Å²) < 4.78 is 0.638. The van der Waals surface area contributed by atoms with E-state index in [-0.39, 0.29) is 5.57 Å². The van der Waals surface area contributed by atoms with Gasteiger partial charge in [0, 0.05) is 12.2 Å². The van der Waals surface area contributed by atoms with Gasteiger partial charge in [-0.1, -0.05) is 18.2 Å². The van der Waals surface area contributed by atoms with Gasteiger partial charge in [0.05, 0.1) is 5.69 Å². The van der Waals surface area contributed by atoms with Gasteiger partial charge in [0.15, 0.2) is 0 Å². The van der Waals surface area contributed by atoms with E-state index in [2.05, 4.69) is 26.2 Å². The fraction of sp³-hybridized carbons (Fsp3) is 0.0625. The molecule has 22 heavy (non-hydrogen) atoms. The molecule has 0 bridgehead atoms. The van der Waals surface area contributed by atoms with Gasteiger partial charge < -0.3 is 11.1 Å². The summed E-state index contributed by atoms with van der Waals surface area (Å²) in [5.74, 6) is -0.452. The van der Waals surface area contributed by atoms with Crippen molar-refractivity contribution in [3.05, 3.63) is 63.9 Å². The van der Waals surface area contributed by atoms with Crippen LogP contribution in [0.25, 0.3) is 6.08 Å². The first-order valence-electron chi connectivity index (χ1n) is 6.45. The van der Waals surface area contributed by atoms with Gasteiger partial charge >= 0.3 is 0 Å². The number of amides is 1. The molecule has 1 aromatic carbocycles. The molecule has 0 saturated heterocycles. The largest absolute Gasteiger partial charge is 0.399 e. The second-order valence-electron chi connectivity index (χ2n) is 4.48. The third-order valence-electron chi connectivity index (χ3n) is 2.80. The van der Waals surface area contributed by atoms with Gasteiger partial charge in [0.2, 0.25) is 0 Å². The first-order chi connectivity index (χ1) is 10.6. The quantitative estimate of drug-likeness (QED) is 0.381. The van der Waals surface area contributed by atoms with E-state index in [1.807, 2.05) is 18.2 Å². The lowest BCUT2D eigenvalue weighted by Gasteiger charge is -2.05. The van der Waals surface area contributed by atoms with E-state index in [9.17, 15) is 4.79 Å². The topological polar surface area (TPSA) is 91.8 Å². The van der Waals surface area contributed by atoms with Crippen molar-refractivity contribution in [2.45, 2.75) is 6.54 Å². The summed E-state index contributed by atoms with van der Waals surface area (Å²) in [5.41, 5.74) is 7.70. The first-order valence-corrected chi connectivity index (χ1v) is 7.25. The van der Waals surface area contributed by atoms with E-state index < -0.39 is 5.91 Å². The molecule has 0 fully saturated rings. The Labute approximate surface area is 136 Å². The average molecular weight is 357 g/mol. The Balaban J connectivity index is 2.08. The maximum atomic E-state index is 12.0. The molecular formula is C16H13BrN4O. The lowest BCUT2D eigenvalue weighted by molar-refractivity contribution is -0.117. The van der Waals surface area contributed by atoms with Gasteiger partial charge in [-0.2, -0.15) is 5.26 Å². The zero-order valence-corrected chi connectivity index (χ0v) is 13.2. The monoisotopic (exact) mass is 356 g/mol. The van der Waals surface area contributed by atoms with Crippen LogP contribution < -0.4 is 11.1 Å². The molecule has 3 N–H and O–H groups in total. The van der Waals surface area contributed by atoms with Gasteiger partial charge in [-0.05, 0) is 51.8 Å². The zero-order valence-electron chi connectivity index (χ0n) is 11.6. The van der Waals surface area contributed by atoms with Crippen molar-refractivity contribution in [2.75, 3.05) is 5.73 Å². The van der Waals surface area contributed by atoms with Crippen LogP contribution in [-0.4, -0.2) is 10.9 Å². The highest BCUT2D eigenvalue weighted by Crippen LogP contribution is 2.10. The summed E-state index contributed by atoms with van der Waals surface area (Å²) in [5, 5.41) is 11.8. The molecule has 0 unspecified atom stereocenters. The number of rotatable bonds is 4. The van der Waals surface area contributed by atoms with Crippen LogP contribution in [0.5, 0.6) is 0 Å². The number of benzene rings is 1. The average Bonchev–Trinajstić information content (AvgIpc) is 2.50. The molecule has 2 rings (SSSR count). The molecule has 6 heteroatoms. The second-order valence-corrected chi connectivity index (χ2v) is 5.30. The van der Waals surface area contributed by atoms with E-state index in [4.69, 9.17) is 11.0 Å². The normalized spacial score (nSPS) is 10.8. The third kappa shape index (κ3) is 4.43. The number of hydrogen-bond acceptors (Lipinski definition) is 4. The van der Waals surface area contributed by atoms with Crippen LogP contribution in [0.3, 0.4) is 0 Å². The van der Waals surface area contributed by atoms with Crippen LogP contribution in [-0.2, 0) is 11.3 Å². The highest BCUT2D eigenvalue weighted by Gasteiger charge is 2.09. The standard InChI is InChI=1S/C16H13BrN4O/c17-15-6-2-5-14(21-15)8-12(9-18)16(22)20-10-11-3-1-4-13(19)7-11/h1-8H,10,19H2,(H,20,22)/b12-8-. The molecule has 0 saturated carbocycles. The molecule has 2 aromatic rings. The number of nitriles is 1. The van der Waals surface area contributed by atoms with Crippen molar-refractivity contribution in [2.24, 2.45) is 0 Å². The van der Waals surface area contributed by atoms with E-state index in [0.29, 0.717) is 22.5 Å². The predicted octanol–water partition coefficient (Wildman–Crippen LogP) is 2.65. The fourth-order valence-corrected chi connectivity index (χ4v) is 2.14. The van der Waals surface area contributed by atoms with Crippen LogP contribution in [0.1, 0.15) is 11.3 Å². The SMILES string of the molecule is N#C/C(=C/c1cccc(Br)n1)C(=O)NCc1cccc(N)c1. The molecular weight excluding hydrogens is 344 g/mol. The van der Waals surface area contributed by atoms with Crippen molar-refractivity contribution >= 4 is 33.6 Å². The van der Waals surface area contributed by atoms with Crippen LogP contribution in [0, 0.1) is 11.3 Å². The predicted molar refractivity (Wildman–Crippen MR) is 88.2 cm³/mol. The molecule has 1 heterocycles. The van der Waals surface area contributed by atoms with Gasteiger partial charge in [0.25, 0.3) is 5.91 Å². The Bertz CT molecular complexity index is 765. The number of hydrogen-bond donors (Lipinski definition) is 2. The molecule has 1 amide bonds. The van der Waals surface area contributed by atoms with Crippen LogP contribution >= 0.6 is 15.9 Å². The molecule has 0 aliphatic carbocycles. The smallest absolute Gasteiger partial charge is 0.262 e. The number of anilines is 1. The second kappa shape index (κ2) is 7.38. The number of nitrogens with one attached hydrogen (secondary N) is 1. The highest BCUT2D eigenvalue weighted by atomic mass is 79.9. The Morgan fingerprint density at radius 1 is 1.36 bits per heavy atom. The lowest BCUT2D eigenvalue weighted by atomic mass is 10.2. The minimum Gasteiger partial charge on any atom is -0.399 e. The maximum Gasteiger partial charge on any atom is 0.262 e. The van der Waals surface area contributed by atoms with E-state index in [1.165, 1.54) is 6.08 Å². The molecule has 1 aromatic heterocycles. The number of aromatic nitrogens is 1. The van der Waals surface area contributed by atoms with Crippen LogP contribution in [0.4, 0.5) is 5.69 Å². The number of nitrogens with zero attached hydrogens (tertiary/aromatic N) is 2. The van der Waals surface area contributed by atoms with Crippen LogP contribution in [0.2, 0.25) is 0 Å². The van der Waals surface area contributed by atoms with Gasteiger partial charge in [-0.15, -0.1) is 0 Å². The molecule has 0 atom stereocenters. The Morgan fingerprint density at radius 2 is 2.14 bits per heavy atom. The van der Waals surface area contributed by atoms with E-state index in [0.717, 1.165) is 5.56 Å². The molecule has 0 aliphatic rings. The molecule has 0 spiro atoms. The van der Waals surface area contributed by atoms with E-state index in [1.54, 1.807) is 30.3 Å². The number of pyridine rings is 1. The van der Waals surface area contributed by atoms with Crippen molar-refractivity contribution in [1.82, 2.24) is 10.3 Å². The summed E-state index contributed by atoms with van der Waals surface area (Å²) >= 11 is 3.24. The Kier molecular flexibility index (Phi) is 5.28. The van der Waals surface area contributed by atoms with Crippen molar-refractivity contribution in [3.8, 4) is 6.07 Å². The van der Waals surface area contributed by atoms with Gasteiger partial charge in [0.1, 0.15) is 16.2 Å². The number of nitrogens with two attached hydrogens (primary N) is 1. The fourth-order valence-electron chi connectivity index (χ4n) is 1.78. The Hall–Kier alpha value is -2.65. The van der Waals surface area contributed by atoms with E-state index >= 15 is 0 Å². The lowest BCUT2D eigenvalue weighted by Crippen LogP contribution is -2.24. The summed E-state index contributed by atoms with van der Waals surface area (Å²) in [6, 6.07) is 14.3. The zero-order chi connectivity index (χ0) is 15.9. The minimum absolute atomic E-state index is 0.00509. The molecule has 5 nitrogen and oxygen atoms in total. The molecule has 110 valence electrons. The summed E-state index contributed by atoms with van der Waals surface area (Å²) in [7, 11) is 0. The number of halogens is 1. The summed E-state index contributed by atoms with van der Waals surface area (Å²) in [6.07, 6.45) is 1.44. The maximum absolute atomic E-state index is 12.0. The highest BCUT2D eigenvalue weighted by molar-refractivity contribution is 9.10. The summed E-state index contributed by atoms with van der Waals surface area (Å²) in [4.78, 5) is 16.2. The Morgan fingerprint density at radius 3 is 2.82 bits per heavy atom.